The van der Waals surface area contributed by atoms with Gasteiger partial charge < -0.3 is 15.0 Å². The first-order valence-electron chi connectivity index (χ1n) is 10.9. The van der Waals surface area contributed by atoms with Crippen LogP contribution in [0.25, 0.3) is 0 Å². The third-order valence-corrected chi connectivity index (χ3v) is 7.32. The summed E-state index contributed by atoms with van der Waals surface area (Å²) in [5.41, 5.74) is 2.83. The molecule has 4 rings (SSSR count). The molecule has 1 aliphatic rings. The molecule has 2 amide bonds. The molecule has 8 heteroatoms. The highest BCUT2D eigenvalue weighted by molar-refractivity contribution is 7.10. The molecule has 0 aliphatic carbocycles. The number of methoxy groups -OCH3 is 1. The second kappa shape index (κ2) is 10.4. The molecule has 1 saturated heterocycles. The van der Waals surface area contributed by atoms with Gasteiger partial charge in [-0.25, -0.2) is 4.98 Å². The van der Waals surface area contributed by atoms with Crippen molar-refractivity contribution in [2.45, 2.75) is 32.1 Å². The quantitative estimate of drug-likeness (QED) is 0.515. The molecule has 0 unspecified atom stereocenters. The van der Waals surface area contributed by atoms with E-state index >= 15 is 0 Å². The van der Waals surface area contributed by atoms with Crippen molar-refractivity contribution in [2.75, 3.05) is 25.5 Å². The Bertz CT molecular complexity index is 1160. The number of hydrogen-bond acceptors (Lipinski definition) is 5. The summed E-state index contributed by atoms with van der Waals surface area (Å²) >= 11 is 7.70. The van der Waals surface area contributed by atoms with E-state index in [0.29, 0.717) is 41.7 Å². The standard InChI is InChI=1S/C25H26ClN3O3S/c1-16-6-5-9-21(32-2)23(16)28-24(31)20-15-33-25(27-20)17-10-12-29(13-11-17)22(30)14-18-7-3-4-8-19(18)26/h3-9,15,17H,10-14H2,1-2H3,(H,28,31). The number of nitrogens with one attached hydrogen (secondary N) is 1. The first kappa shape index (κ1) is 23.3. The summed E-state index contributed by atoms with van der Waals surface area (Å²) in [6.45, 7) is 3.27. The Morgan fingerprint density at radius 2 is 1.94 bits per heavy atom. The average Bonchev–Trinajstić information content (AvgIpc) is 3.32. The fourth-order valence-electron chi connectivity index (χ4n) is 4.02. The maximum Gasteiger partial charge on any atom is 0.275 e. The third-order valence-electron chi connectivity index (χ3n) is 5.94. The van der Waals surface area contributed by atoms with Gasteiger partial charge in [0.05, 0.1) is 24.2 Å². The number of thiazole rings is 1. The maximum atomic E-state index is 12.8. The highest BCUT2D eigenvalue weighted by Crippen LogP contribution is 2.32. The molecule has 0 bridgehead atoms. The molecule has 33 heavy (non-hydrogen) atoms. The van der Waals surface area contributed by atoms with Crippen molar-refractivity contribution >= 4 is 40.4 Å². The topological polar surface area (TPSA) is 71.5 Å². The van der Waals surface area contributed by atoms with Crippen LogP contribution >= 0.6 is 22.9 Å². The van der Waals surface area contributed by atoms with E-state index in [-0.39, 0.29) is 17.7 Å². The lowest BCUT2D eigenvalue weighted by Gasteiger charge is -2.31. The van der Waals surface area contributed by atoms with Gasteiger partial charge in [0.25, 0.3) is 5.91 Å². The molecule has 1 fully saturated rings. The van der Waals surface area contributed by atoms with Crippen LogP contribution in [0.1, 0.15) is 45.4 Å². The van der Waals surface area contributed by atoms with E-state index in [0.717, 1.165) is 29.0 Å². The zero-order valence-electron chi connectivity index (χ0n) is 18.6. The van der Waals surface area contributed by atoms with E-state index in [9.17, 15) is 9.59 Å². The fraction of sp³-hybridized carbons (Fsp3) is 0.320. The molecule has 2 heterocycles. The smallest absolute Gasteiger partial charge is 0.275 e. The number of para-hydroxylation sites is 1. The van der Waals surface area contributed by atoms with Crippen LogP contribution in [-0.2, 0) is 11.2 Å². The van der Waals surface area contributed by atoms with Crippen LogP contribution in [0.3, 0.4) is 0 Å². The normalized spacial score (nSPS) is 14.2. The van der Waals surface area contributed by atoms with E-state index in [1.807, 2.05) is 54.3 Å². The van der Waals surface area contributed by atoms with Crippen molar-refractivity contribution in [3.63, 3.8) is 0 Å². The summed E-state index contributed by atoms with van der Waals surface area (Å²) in [5, 5.41) is 6.29. The predicted molar refractivity (Wildman–Crippen MR) is 132 cm³/mol. The monoisotopic (exact) mass is 483 g/mol. The van der Waals surface area contributed by atoms with Gasteiger partial charge in [-0.3, -0.25) is 9.59 Å². The molecule has 0 atom stereocenters. The molecular formula is C25H26ClN3O3S. The highest BCUT2D eigenvalue weighted by atomic mass is 35.5. The Labute approximate surface area is 202 Å². The van der Waals surface area contributed by atoms with Gasteiger partial charge in [0.1, 0.15) is 11.4 Å². The van der Waals surface area contributed by atoms with Gasteiger partial charge in [-0.1, -0.05) is 41.9 Å². The summed E-state index contributed by atoms with van der Waals surface area (Å²) in [6, 6.07) is 13.1. The molecule has 0 spiro atoms. The number of hydrogen-bond donors (Lipinski definition) is 1. The number of benzene rings is 2. The van der Waals surface area contributed by atoms with Crippen molar-refractivity contribution in [3.8, 4) is 5.75 Å². The van der Waals surface area contributed by atoms with Crippen LogP contribution in [0.15, 0.2) is 47.8 Å². The van der Waals surface area contributed by atoms with Crippen LogP contribution < -0.4 is 10.1 Å². The summed E-state index contributed by atoms with van der Waals surface area (Å²) in [4.78, 5) is 32.0. The Balaban J connectivity index is 1.35. The molecule has 6 nitrogen and oxygen atoms in total. The molecule has 1 aliphatic heterocycles. The minimum absolute atomic E-state index is 0.0907. The molecule has 172 valence electrons. The number of rotatable bonds is 6. The van der Waals surface area contributed by atoms with E-state index < -0.39 is 0 Å². The van der Waals surface area contributed by atoms with Crippen molar-refractivity contribution in [2.24, 2.45) is 0 Å². The average molecular weight is 484 g/mol. The number of aryl methyl sites for hydroxylation is 1. The van der Waals surface area contributed by atoms with Gasteiger partial charge in [-0.15, -0.1) is 11.3 Å². The second-order valence-corrected chi connectivity index (χ2v) is 9.40. The zero-order valence-corrected chi connectivity index (χ0v) is 20.2. The van der Waals surface area contributed by atoms with Gasteiger partial charge in [0, 0.05) is 29.4 Å². The third kappa shape index (κ3) is 5.37. The lowest BCUT2D eigenvalue weighted by atomic mass is 9.97. The Morgan fingerprint density at radius 1 is 1.18 bits per heavy atom. The molecular weight excluding hydrogens is 458 g/mol. The molecule has 1 aromatic heterocycles. The number of likely N-dealkylation sites (tertiary alicyclic amines) is 1. The van der Waals surface area contributed by atoms with Crippen LogP contribution in [-0.4, -0.2) is 41.9 Å². The van der Waals surface area contributed by atoms with Gasteiger partial charge >= 0.3 is 0 Å². The van der Waals surface area contributed by atoms with Crippen molar-refractivity contribution < 1.29 is 14.3 Å². The number of aromatic nitrogens is 1. The van der Waals surface area contributed by atoms with Crippen molar-refractivity contribution in [1.29, 1.82) is 0 Å². The van der Waals surface area contributed by atoms with Crippen molar-refractivity contribution in [3.05, 3.63) is 74.7 Å². The summed E-state index contributed by atoms with van der Waals surface area (Å²) in [5.74, 6) is 0.701. The number of anilines is 1. The first-order valence-corrected chi connectivity index (χ1v) is 12.1. The van der Waals surface area contributed by atoms with Crippen LogP contribution in [0.4, 0.5) is 5.69 Å². The minimum Gasteiger partial charge on any atom is -0.495 e. The van der Waals surface area contributed by atoms with E-state index in [1.165, 1.54) is 11.3 Å². The number of ether oxygens (including phenoxy) is 1. The van der Waals surface area contributed by atoms with Gasteiger partial charge in [-0.05, 0) is 43.0 Å². The second-order valence-electron chi connectivity index (χ2n) is 8.10. The SMILES string of the molecule is COc1cccc(C)c1NC(=O)c1csc(C2CCN(C(=O)Cc3ccccc3Cl)CC2)n1. The molecule has 2 aromatic carbocycles. The van der Waals surface area contributed by atoms with Crippen LogP contribution in [0.2, 0.25) is 5.02 Å². The zero-order chi connectivity index (χ0) is 23.4. The molecule has 3 aromatic rings. The molecule has 1 N–H and O–H groups in total. The van der Waals surface area contributed by atoms with Gasteiger partial charge in [-0.2, -0.15) is 0 Å². The summed E-state index contributed by atoms with van der Waals surface area (Å²) < 4.78 is 5.36. The number of halogens is 1. The lowest BCUT2D eigenvalue weighted by molar-refractivity contribution is -0.131. The Morgan fingerprint density at radius 3 is 2.67 bits per heavy atom. The van der Waals surface area contributed by atoms with Gasteiger partial charge in [0.15, 0.2) is 0 Å². The Hall–Kier alpha value is -2.90. The van der Waals surface area contributed by atoms with Gasteiger partial charge in [0.2, 0.25) is 5.91 Å². The first-order chi connectivity index (χ1) is 16.0. The predicted octanol–water partition coefficient (Wildman–Crippen LogP) is 5.31. The van der Waals surface area contributed by atoms with E-state index in [2.05, 4.69) is 10.3 Å². The van der Waals surface area contributed by atoms with Crippen LogP contribution in [0.5, 0.6) is 5.75 Å². The maximum absolute atomic E-state index is 12.8. The molecule has 0 radical (unpaired) electrons. The summed E-state index contributed by atoms with van der Waals surface area (Å²) in [6.07, 6.45) is 1.97. The largest absolute Gasteiger partial charge is 0.495 e. The Kier molecular flexibility index (Phi) is 7.30. The van der Waals surface area contributed by atoms with Crippen LogP contribution in [0, 0.1) is 6.92 Å². The number of nitrogens with zero attached hydrogens (tertiary/aromatic N) is 2. The fourth-order valence-corrected chi connectivity index (χ4v) is 5.19. The minimum atomic E-state index is -0.252. The number of amides is 2. The van der Waals surface area contributed by atoms with E-state index in [4.69, 9.17) is 16.3 Å². The highest BCUT2D eigenvalue weighted by Gasteiger charge is 2.27. The van der Waals surface area contributed by atoms with Crippen molar-refractivity contribution in [1.82, 2.24) is 9.88 Å². The number of piperidine rings is 1. The summed E-state index contributed by atoms with van der Waals surface area (Å²) in [7, 11) is 1.58. The lowest BCUT2D eigenvalue weighted by Crippen LogP contribution is -2.38. The van der Waals surface area contributed by atoms with E-state index in [1.54, 1.807) is 12.5 Å². The molecule has 0 saturated carbocycles. The number of carbonyl (C=O) groups excluding carboxylic acids is 2. The number of carbonyl (C=O) groups is 2.